The highest BCUT2D eigenvalue weighted by Gasteiger charge is 2.05. The number of methoxy groups -OCH3 is 2. The number of nitrogens with zero attached hydrogens (tertiary/aromatic N) is 3. The van der Waals surface area contributed by atoms with Crippen molar-refractivity contribution in [3.8, 4) is 22.9 Å². The van der Waals surface area contributed by atoms with Gasteiger partial charge in [0.2, 0.25) is 0 Å². The normalized spacial score (nSPS) is 10.8. The molecule has 2 aromatic carbocycles. The zero-order valence-electron chi connectivity index (χ0n) is 15.2. The maximum atomic E-state index is 5.30. The molecule has 0 atom stereocenters. The molecule has 0 amide bonds. The van der Waals surface area contributed by atoms with E-state index in [-0.39, 0.29) is 0 Å². The molecule has 0 saturated carbocycles. The summed E-state index contributed by atoms with van der Waals surface area (Å²) in [5, 5.41) is 4.26. The van der Waals surface area contributed by atoms with Crippen LogP contribution in [0.4, 0.5) is 5.82 Å². The maximum absolute atomic E-state index is 5.30. The largest absolute Gasteiger partial charge is 0.493 e. The Morgan fingerprint density at radius 2 is 1.70 bits per heavy atom. The Bertz CT molecular complexity index is 959. The summed E-state index contributed by atoms with van der Waals surface area (Å²) in [7, 11) is 3.21. The van der Waals surface area contributed by atoms with Gasteiger partial charge in [-0.1, -0.05) is 28.1 Å². The van der Waals surface area contributed by atoms with Crippen LogP contribution in [0.1, 0.15) is 11.3 Å². The number of halogens is 1. The lowest BCUT2D eigenvalue weighted by Gasteiger charge is -2.08. The van der Waals surface area contributed by atoms with Crippen molar-refractivity contribution in [1.82, 2.24) is 9.97 Å². The molecule has 0 spiro atoms. The van der Waals surface area contributed by atoms with Crippen LogP contribution in [0, 0.1) is 6.92 Å². The molecular formula is C20H19BrN4O2. The number of aryl methyl sites for hydroxylation is 1. The van der Waals surface area contributed by atoms with Crippen molar-refractivity contribution in [2.45, 2.75) is 6.92 Å². The first kappa shape index (κ1) is 18.8. The number of aromatic nitrogens is 2. The first-order chi connectivity index (χ1) is 13.1. The third-order valence-electron chi connectivity index (χ3n) is 3.76. The summed E-state index contributed by atoms with van der Waals surface area (Å²) < 4.78 is 11.5. The molecule has 0 fully saturated rings. The third-order valence-corrected chi connectivity index (χ3v) is 4.29. The zero-order valence-corrected chi connectivity index (χ0v) is 16.8. The highest BCUT2D eigenvalue weighted by Crippen LogP contribution is 2.27. The van der Waals surface area contributed by atoms with Crippen LogP contribution in [0.2, 0.25) is 0 Å². The second-order valence-electron chi connectivity index (χ2n) is 5.71. The van der Waals surface area contributed by atoms with Gasteiger partial charge in [0, 0.05) is 21.8 Å². The highest BCUT2D eigenvalue weighted by molar-refractivity contribution is 9.10. The molecule has 0 unspecified atom stereocenters. The molecule has 1 N–H and O–H groups in total. The quantitative estimate of drug-likeness (QED) is 0.457. The molecule has 1 aromatic heterocycles. The first-order valence-electron chi connectivity index (χ1n) is 8.22. The molecule has 0 radical (unpaired) electrons. The standard InChI is InChI=1S/C20H19BrN4O2/c1-13-10-19(24-20(23-13)15-5-7-16(21)8-6-15)25-22-12-14-4-9-17(26-2)18(11-14)27-3/h4-12H,1-3H3,(H,23,24,25). The molecule has 0 aliphatic rings. The van der Waals surface area contributed by atoms with Crippen molar-refractivity contribution in [2.75, 3.05) is 19.6 Å². The van der Waals surface area contributed by atoms with Gasteiger partial charge < -0.3 is 9.47 Å². The predicted molar refractivity (Wildman–Crippen MR) is 111 cm³/mol. The minimum Gasteiger partial charge on any atom is -0.493 e. The number of hydrogen-bond acceptors (Lipinski definition) is 6. The monoisotopic (exact) mass is 426 g/mol. The Morgan fingerprint density at radius 1 is 0.963 bits per heavy atom. The van der Waals surface area contributed by atoms with E-state index in [0.29, 0.717) is 23.1 Å². The average Bonchev–Trinajstić information content (AvgIpc) is 2.68. The van der Waals surface area contributed by atoms with E-state index in [1.807, 2.05) is 55.5 Å². The number of ether oxygens (including phenoxy) is 2. The van der Waals surface area contributed by atoms with Crippen molar-refractivity contribution < 1.29 is 9.47 Å². The number of anilines is 1. The molecule has 0 saturated heterocycles. The smallest absolute Gasteiger partial charge is 0.161 e. The van der Waals surface area contributed by atoms with Gasteiger partial charge in [-0.3, -0.25) is 5.43 Å². The Labute approximate surface area is 166 Å². The van der Waals surface area contributed by atoms with Crippen molar-refractivity contribution in [2.24, 2.45) is 5.10 Å². The van der Waals surface area contributed by atoms with Crippen molar-refractivity contribution in [3.05, 3.63) is 64.3 Å². The number of benzene rings is 2. The third kappa shape index (κ3) is 4.83. The summed E-state index contributed by atoms with van der Waals surface area (Å²) in [6.45, 7) is 1.92. The van der Waals surface area contributed by atoms with Crippen LogP contribution in [0.3, 0.4) is 0 Å². The molecule has 7 heteroatoms. The van der Waals surface area contributed by atoms with Gasteiger partial charge in [-0.2, -0.15) is 5.10 Å². The van der Waals surface area contributed by atoms with Crippen LogP contribution in [-0.4, -0.2) is 30.4 Å². The van der Waals surface area contributed by atoms with Crippen molar-refractivity contribution in [1.29, 1.82) is 0 Å². The van der Waals surface area contributed by atoms with Gasteiger partial charge in [-0.25, -0.2) is 9.97 Å². The Hall–Kier alpha value is -2.93. The van der Waals surface area contributed by atoms with E-state index in [2.05, 4.69) is 36.4 Å². The fraction of sp³-hybridized carbons (Fsp3) is 0.150. The number of nitrogens with one attached hydrogen (secondary N) is 1. The molecule has 3 rings (SSSR count). The topological polar surface area (TPSA) is 68.6 Å². The Kier molecular flexibility index (Phi) is 6.03. The van der Waals surface area contributed by atoms with Crippen molar-refractivity contribution >= 4 is 28.0 Å². The van der Waals surface area contributed by atoms with Crippen LogP contribution < -0.4 is 14.9 Å². The van der Waals surface area contributed by atoms with Gasteiger partial charge in [0.05, 0.1) is 20.4 Å². The molecule has 0 aliphatic heterocycles. The van der Waals surface area contributed by atoms with E-state index in [1.165, 1.54) is 0 Å². The van der Waals surface area contributed by atoms with Crippen LogP contribution in [0.15, 0.2) is 58.1 Å². The number of hydrazone groups is 1. The van der Waals surface area contributed by atoms with Gasteiger partial charge in [-0.15, -0.1) is 0 Å². The number of rotatable bonds is 6. The molecule has 1 heterocycles. The summed E-state index contributed by atoms with van der Waals surface area (Å²) in [5.41, 5.74) is 5.62. The lowest BCUT2D eigenvalue weighted by molar-refractivity contribution is 0.355. The summed E-state index contributed by atoms with van der Waals surface area (Å²) >= 11 is 3.43. The van der Waals surface area contributed by atoms with Gasteiger partial charge in [-0.05, 0) is 42.8 Å². The average molecular weight is 427 g/mol. The van der Waals surface area contributed by atoms with Gasteiger partial charge >= 0.3 is 0 Å². The van der Waals surface area contributed by atoms with E-state index in [9.17, 15) is 0 Å². The Balaban J connectivity index is 1.78. The second kappa shape index (κ2) is 8.64. The maximum Gasteiger partial charge on any atom is 0.161 e. The van der Waals surface area contributed by atoms with Gasteiger partial charge in [0.25, 0.3) is 0 Å². The summed E-state index contributed by atoms with van der Waals surface area (Å²) in [6, 6.07) is 15.3. The minimum atomic E-state index is 0.622. The van der Waals surface area contributed by atoms with E-state index >= 15 is 0 Å². The predicted octanol–water partition coefficient (Wildman–Crippen LogP) is 4.68. The van der Waals surface area contributed by atoms with Gasteiger partial charge in [0.15, 0.2) is 23.1 Å². The lowest BCUT2D eigenvalue weighted by Crippen LogP contribution is -1.99. The summed E-state index contributed by atoms with van der Waals surface area (Å²) in [4.78, 5) is 9.02. The fourth-order valence-corrected chi connectivity index (χ4v) is 2.72. The van der Waals surface area contributed by atoms with Crippen LogP contribution in [0.5, 0.6) is 11.5 Å². The summed E-state index contributed by atoms with van der Waals surface area (Å²) in [5.74, 6) is 2.59. The first-order valence-corrected chi connectivity index (χ1v) is 9.01. The van der Waals surface area contributed by atoms with Crippen molar-refractivity contribution in [3.63, 3.8) is 0 Å². The Morgan fingerprint density at radius 3 is 2.41 bits per heavy atom. The summed E-state index contributed by atoms with van der Waals surface area (Å²) in [6.07, 6.45) is 1.69. The van der Waals surface area contributed by atoms with E-state index in [1.54, 1.807) is 20.4 Å². The highest BCUT2D eigenvalue weighted by atomic mass is 79.9. The zero-order chi connectivity index (χ0) is 19.2. The fourth-order valence-electron chi connectivity index (χ4n) is 2.46. The van der Waals surface area contributed by atoms with E-state index < -0.39 is 0 Å². The molecule has 0 aliphatic carbocycles. The minimum absolute atomic E-state index is 0.622. The SMILES string of the molecule is COc1ccc(C=NNc2cc(C)nc(-c3ccc(Br)cc3)n2)cc1OC. The van der Waals surface area contributed by atoms with Crippen LogP contribution in [-0.2, 0) is 0 Å². The molecule has 27 heavy (non-hydrogen) atoms. The van der Waals surface area contributed by atoms with Gasteiger partial charge in [0.1, 0.15) is 0 Å². The molecule has 138 valence electrons. The second-order valence-corrected chi connectivity index (χ2v) is 6.63. The molecule has 6 nitrogen and oxygen atoms in total. The molecule has 0 bridgehead atoms. The van der Waals surface area contributed by atoms with E-state index in [0.717, 1.165) is 21.3 Å². The molecule has 3 aromatic rings. The van der Waals surface area contributed by atoms with E-state index in [4.69, 9.17) is 9.47 Å². The number of hydrogen-bond donors (Lipinski definition) is 1. The molecular weight excluding hydrogens is 408 g/mol. The van der Waals surface area contributed by atoms with Crippen LogP contribution in [0.25, 0.3) is 11.4 Å². The van der Waals surface area contributed by atoms with Crippen LogP contribution >= 0.6 is 15.9 Å². The lowest BCUT2D eigenvalue weighted by atomic mass is 10.2.